The van der Waals surface area contributed by atoms with Gasteiger partial charge in [0.15, 0.2) is 6.61 Å². The van der Waals surface area contributed by atoms with Crippen molar-refractivity contribution < 1.29 is 14.3 Å². The molecule has 1 unspecified atom stereocenters. The highest BCUT2D eigenvalue weighted by atomic mass is 35.5. The van der Waals surface area contributed by atoms with Crippen LogP contribution < -0.4 is 5.56 Å². The average molecular weight is 467 g/mol. The van der Waals surface area contributed by atoms with Crippen molar-refractivity contribution in [1.82, 2.24) is 9.47 Å². The maximum atomic E-state index is 13.3. The van der Waals surface area contributed by atoms with Gasteiger partial charge in [-0.25, -0.2) is 4.79 Å². The molecule has 0 aliphatic carbocycles. The molecule has 1 amide bonds. The Bertz CT molecular complexity index is 1250. The summed E-state index contributed by atoms with van der Waals surface area (Å²) in [6, 6.07) is 14.4. The van der Waals surface area contributed by atoms with Crippen molar-refractivity contribution in [3.63, 3.8) is 0 Å². The molecule has 33 heavy (non-hydrogen) atoms. The lowest BCUT2D eigenvalue weighted by molar-refractivity contribution is -0.138. The van der Waals surface area contributed by atoms with E-state index < -0.39 is 5.97 Å². The monoisotopic (exact) mass is 466 g/mol. The van der Waals surface area contributed by atoms with E-state index in [1.54, 1.807) is 43.4 Å². The van der Waals surface area contributed by atoms with Crippen molar-refractivity contribution in [3.05, 3.63) is 69.6 Å². The zero-order chi connectivity index (χ0) is 23.5. The molecule has 172 valence electrons. The minimum atomic E-state index is -0.705. The zero-order valence-electron chi connectivity index (χ0n) is 18.8. The highest BCUT2D eigenvalue weighted by molar-refractivity contribution is 6.30. The molecule has 7 heteroatoms. The molecule has 1 fully saturated rings. The van der Waals surface area contributed by atoms with Gasteiger partial charge in [0.25, 0.3) is 11.5 Å². The van der Waals surface area contributed by atoms with Gasteiger partial charge in [-0.05, 0) is 54.8 Å². The molecule has 0 spiro atoms. The Balaban J connectivity index is 1.72. The van der Waals surface area contributed by atoms with Crippen LogP contribution in [0.5, 0.6) is 0 Å². The number of hydrogen-bond donors (Lipinski definition) is 0. The van der Waals surface area contributed by atoms with Gasteiger partial charge in [0.2, 0.25) is 0 Å². The van der Waals surface area contributed by atoms with Crippen molar-refractivity contribution in [2.75, 3.05) is 13.2 Å². The number of halogens is 1. The average Bonchev–Trinajstić information content (AvgIpc) is 2.85. The number of ether oxygens (including phenoxy) is 1. The number of carbonyl (C=O) groups excluding carboxylic acids is 2. The molecule has 3 aromatic rings. The Hall–Kier alpha value is -3.12. The number of benzene rings is 2. The zero-order valence-corrected chi connectivity index (χ0v) is 19.6. The lowest BCUT2D eigenvalue weighted by Crippen LogP contribution is -2.45. The maximum Gasteiger partial charge on any atom is 0.356 e. The van der Waals surface area contributed by atoms with Crippen LogP contribution in [0, 0.1) is 0 Å². The number of amides is 1. The maximum absolute atomic E-state index is 13.3. The summed E-state index contributed by atoms with van der Waals surface area (Å²) in [5.74, 6) is -0.905. The first-order valence-electron chi connectivity index (χ1n) is 11.3. The van der Waals surface area contributed by atoms with E-state index in [4.69, 9.17) is 16.3 Å². The fourth-order valence-electron chi connectivity index (χ4n) is 4.64. The van der Waals surface area contributed by atoms with Gasteiger partial charge in [0.05, 0.1) is 0 Å². The first-order chi connectivity index (χ1) is 15.9. The number of rotatable bonds is 5. The predicted molar refractivity (Wildman–Crippen MR) is 130 cm³/mol. The number of fused-ring (bicyclic) bond motifs is 1. The Kier molecular flexibility index (Phi) is 6.84. The van der Waals surface area contributed by atoms with Gasteiger partial charge in [-0.3, -0.25) is 9.59 Å². The van der Waals surface area contributed by atoms with Gasteiger partial charge in [-0.15, -0.1) is 0 Å². The number of hydrogen-bond acceptors (Lipinski definition) is 4. The second-order valence-corrected chi connectivity index (χ2v) is 8.80. The van der Waals surface area contributed by atoms with Crippen LogP contribution in [0.2, 0.25) is 5.02 Å². The van der Waals surface area contributed by atoms with Gasteiger partial charge in [0.1, 0.15) is 5.69 Å². The van der Waals surface area contributed by atoms with Crippen molar-refractivity contribution in [2.45, 2.75) is 38.6 Å². The molecule has 1 aliphatic rings. The van der Waals surface area contributed by atoms with E-state index in [2.05, 4.69) is 6.92 Å². The standard InChI is InChI=1S/C26H27ClN2O4/c1-3-19-8-6-7-15-29(19)22(30)16-33-26(32)24-23(17-11-13-18(27)14-12-17)20-9-4-5-10-21(20)25(31)28(24)2/h4-5,9-14,19H,3,6-8,15-16H2,1-2H3. The molecule has 1 atom stereocenters. The molecule has 0 bridgehead atoms. The van der Waals surface area contributed by atoms with Crippen LogP contribution in [-0.4, -0.2) is 40.5 Å². The number of esters is 1. The van der Waals surface area contributed by atoms with Gasteiger partial charge < -0.3 is 14.2 Å². The Labute approximate surface area is 197 Å². The van der Waals surface area contributed by atoms with Crippen LogP contribution in [0.1, 0.15) is 43.1 Å². The van der Waals surface area contributed by atoms with Crippen LogP contribution >= 0.6 is 11.6 Å². The molecule has 0 radical (unpaired) electrons. The van der Waals surface area contributed by atoms with Crippen LogP contribution in [0.25, 0.3) is 21.9 Å². The SMILES string of the molecule is CCC1CCCCN1C(=O)COC(=O)c1c(-c2ccc(Cl)cc2)c2ccccc2c(=O)n1C. The predicted octanol–water partition coefficient (Wildman–Crippen LogP) is 4.81. The molecule has 6 nitrogen and oxygen atoms in total. The van der Waals surface area contributed by atoms with E-state index in [-0.39, 0.29) is 29.8 Å². The molecule has 2 heterocycles. The molecule has 4 rings (SSSR count). The fraction of sp³-hybridized carbons (Fsp3) is 0.346. The topological polar surface area (TPSA) is 68.6 Å². The Morgan fingerprint density at radius 1 is 1.06 bits per heavy atom. The third-order valence-electron chi connectivity index (χ3n) is 6.38. The van der Waals surface area contributed by atoms with Crippen molar-refractivity contribution in [2.24, 2.45) is 7.05 Å². The fourth-order valence-corrected chi connectivity index (χ4v) is 4.77. The number of piperidine rings is 1. The summed E-state index contributed by atoms with van der Waals surface area (Å²) in [5.41, 5.74) is 1.11. The largest absolute Gasteiger partial charge is 0.451 e. The number of pyridine rings is 1. The molecular formula is C26H27ClN2O4. The summed E-state index contributed by atoms with van der Waals surface area (Å²) < 4.78 is 6.79. The Morgan fingerprint density at radius 2 is 1.76 bits per heavy atom. The van der Waals surface area contributed by atoms with Crippen LogP contribution in [0.3, 0.4) is 0 Å². The summed E-state index contributed by atoms with van der Waals surface area (Å²) in [7, 11) is 1.55. The normalized spacial score (nSPS) is 16.1. The third-order valence-corrected chi connectivity index (χ3v) is 6.63. The van der Waals surface area contributed by atoms with E-state index >= 15 is 0 Å². The van der Waals surface area contributed by atoms with Gasteiger partial charge >= 0.3 is 5.97 Å². The second kappa shape index (κ2) is 9.79. The van der Waals surface area contributed by atoms with Gasteiger partial charge in [0, 0.05) is 35.6 Å². The van der Waals surface area contributed by atoms with Crippen molar-refractivity contribution in [1.29, 1.82) is 0 Å². The summed E-state index contributed by atoms with van der Waals surface area (Å²) >= 11 is 6.07. The van der Waals surface area contributed by atoms with Crippen LogP contribution in [-0.2, 0) is 16.6 Å². The molecule has 0 saturated carbocycles. The quantitative estimate of drug-likeness (QED) is 0.506. The highest BCUT2D eigenvalue weighted by Gasteiger charge is 2.28. The van der Waals surface area contributed by atoms with Crippen LogP contribution in [0.15, 0.2) is 53.3 Å². The molecule has 1 aromatic heterocycles. The highest BCUT2D eigenvalue weighted by Crippen LogP contribution is 2.32. The Morgan fingerprint density at radius 3 is 2.45 bits per heavy atom. The lowest BCUT2D eigenvalue weighted by Gasteiger charge is -2.35. The van der Waals surface area contributed by atoms with Gasteiger partial charge in [-0.2, -0.15) is 0 Å². The van der Waals surface area contributed by atoms with Crippen LogP contribution in [0.4, 0.5) is 0 Å². The van der Waals surface area contributed by atoms with E-state index in [0.717, 1.165) is 31.2 Å². The number of aromatic nitrogens is 1. The number of nitrogens with zero attached hydrogens (tertiary/aromatic N) is 2. The summed E-state index contributed by atoms with van der Waals surface area (Å²) in [6.07, 6.45) is 3.90. The van der Waals surface area contributed by atoms with Gasteiger partial charge in [-0.1, -0.05) is 48.9 Å². The summed E-state index contributed by atoms with van der Waals surface area (Å²) in [5, 5.41) is 1.70. The molecule has 1 aliphatic heterocycles. The smallest absolute Gasteiger partial charge is 0.356 e. The molecule has 1 saturated heterocycles. The number of likely N-dealkylation sites (tertiary alicyclic amines) is 1. The first-order valence-corrected chi connectivity index (χ1v) is 11.6. The number of carbonyl (C=O) groups is 2. The van der Waals surface area contributed by atoms with E-state index in [1.807, 2.05) is 17.0 Å². The minimum Gasteiger partial charge on any atom is -0.451 e. The van der Waals surface area contributed by atoms with E-state index in [9.17, 15) is 14.4 Å². The first kappa shape index (κ1) is 23.1. The molecule has 2 aromatic carbocycles. The van der Waals surface area contributed by atoms with Crippen molar-refractivity contribution >= 4 is 34.2 Å². The summed E-state index contributed by atoms with van der Waals surface area (Å²) in [6.45, 7) is 2.39. The third kappa shape index (κ3) is 4.53. The van der Waals surface area contributed by atoms with E-state index in [1.165, 1.54) is 4.57 Å². The molecular weight excluding hydrogens is 440 g/mol. The van der Waals surface area contributed by atoms with E-state index in [0.29, 0.717) is 27.9 Å². The minimum absolute atomic E-state index is 0.111. The molecule has 0 N–H and O–H groups in total. The lowest BCUT2D eigenvalue weighted by atomic mass is 9.97. The van der Waals surface area contributed by atoms with Crippen molar-refractivity contribution in [3.8, 4) is 11.1 Å². The summed E-state index contributed by atoms with van der Waals surface area (Å²) in [4.78, 5) is 40.9. The second-order valence-electron chi connectivity index (χ2n) is 8.36.